The molecule has 0 saturated carbocycles. The van der Waals surface area contributed by atoms with Crippen LogP contribution in [0.5, 0.6) is 0 Å². The zero-order chi connectivity index (χ0) is 15.4. The van der Waals surface area contributed by atoms with Crippen LogP contribution in [0.3, 0.4) is 0 Å². The van der Waals surface area contributed by atoms with Crippen molar-refractivity contribution in [1.82, 2.24) is 14.7 Å². The molecule has 1 aliphatic heterocycles. The molecular weight excluding hydrogens is 266 g/mol. The van der Waals surface area contributed by atoms with Gasteiger partial charge in [0.1, 0.15) is 0 Å². The van der Waals surface area contributed by atoms with Crippen molar-refractivity contribution in [2.75, 3.05) is 25.0 Å². The Hall–Kier alpha value is -1.40. The minimum atomic E-state index is 0.0346. The molecule has 1 aliphatic rings. The molecule has 2 rings (SSSR count). The van der Waals surface area contributed by atoms with Gasteiger partial charge in [-0.15, -0.1) is 0 Å². The van der Waals surface area contributed by atoms with Crippen molar-refractivity contribution >= 4 is 11.6 Å². The number of aromatic nitrogens is 2. The van der Waals surface area contributed by atoms with Crippen LogP contribution in [-0.2, 0) is 11.3 Å². The molecule has 0 spiro atoms. The monoisotopic (exact) mass is 293 g/mol. The number of carbonyl (C=O) groups excluding carboxylic acids is 1. The van der Waals surface area contributed by atoms with Gasteiger partial charge in [0, 0.05) is 19.1 Å². The van der Waals surface area contributed by atoms with E-state index in [0.29, 0.717) is 6.54 Å². The predicted molar refractivity (Wildman–Crippen MR) is 84.3 cm³/mol. The summed E-state index contributed by atoms with van der Waals surface area (Å²) in [5.41, 5.74) is 8.72. The Morgan fingerprint density at radius 3 is 2.81 bits per heavy atom. The zero-order valence-corrected chi connectivity index (χ0v) is 13.4. The van der Waals surface area contributed by atoms with Gasteiger partial charge in [0.05, 0.1) is 23.6 Å². The summed E-state index contributed by atoms with van der Waals surface area (Å²) in [6.07, 6.45) is 3.10. The third-order valence-electron chi connectivity index (χ3n) is 4.18. The second-order valence-corrected chi connectivity index (χ2v) is 5.88. The van der Waals surface area contributed by atoms with Crippen LogP contribution >= 0.6 is 0 Å². The molecule has 1 aromatic rings. The van der Waals surface area contributed by atoms with Crippen LogP contribution in [0.15, 0.2) is 0 Å². The van der Waals surface area contributed by atoms with Gasteiger partial charge < -0.3 is 11.1 Å². The van der Waals surface area contributed by atoms with Crippen molar-refractivity contribution in [3.63, 3.8) is 0 Å². The van der Waals surface area contributed by atoms with Gasteiger partial charge in [-0.05, 0) is 46.6 Å². The van der Waals surface area contributed by atoms with E-state index in [-0.39, 0.29) is 11.9 Å². The van der Waals surface area contributed by atoms with E-state index < -0.39 is 0 Å². The Balaban J connectivity index is 1.94. The first kappa shape index (κ1) is 16.0. The van der Waals surface area contributed by atoms with Crippen molar-refractivity contribution in [2.45, 2.75) is 52.6 Å². The van der Waals surface area contributed by atoms with E-state index >= 15 is 0 Å². The summed E-state index contributed by atoms with van der Waals surface area (Å²) in [4.78, 5) is 14.4. The Bertz CT molecular complexity index is 496. The molecular formula is C15H27N5O. The van der Waals surface area contributed by atoms with Crippen LogP contribution in [0.1, 0.15) is 37.6 Å². The lowest BCUT2D eigenvalue weighted by molar-refractivity contribution is -0.117. The standard InChI is InChI=1S/C15H27N5O/c1-4-20-12(3)15(11(2)18-20)17-14(21)10-19-8-5-6-13(16)7-9-19/h13H,4-10,16H2,1-3H3,(H,17,21). The highest BCUT2D eigenvalue weighted by Crippen LogP contribution is 2.19. The highest BCUT2D eigenvalue weighted by molar-refractivity contribution is 5.93. The summed E-state index contributed by atoms with van der Waals surface area (Å²) < 4.78 is 1.91. The van der Waals surface area contributed by atoms with Crippen LogP contribution in [0, 0.1) is 13.8 Å². The minimum absolute atomic E-state index is 0.0346. The molecule has 0 radical (unpaired) electrons. The fraction of sp³-hybridized carbons (Fsp3) is 0.733. The number of nitrogens with one attached hydrogen (secondary N) is 1. The SMILES string of the molecule is CCn1nc(C)c(NC(=O)CN2CCCC(N)CC2)c1C. The van der Waals surface area contributed by atoms with Crippen LogP contribution in [0.4, 0.5) is 5.69 Å². The average molecular weight is 293 g/mol. The molecule has 2 heterocycles. The van der Waals surface area contributed by atoms with E-state index in [4.69, 9.17) is 5.73 Å². The Kier molecular flexibility index (Phi) is 5.36. The first-order valence-electron chi connectivity index (χ1n) is 7.83. The summed E-state index contributed by atoms with van der Waals surface area (Å²) in [5.74, 6) is 0.0346. The van der Waals surface area contributed by atoms with Crippen molar-refractivity contribution in [3.05, 3.63) is 11.4 Å². The van der Waals surface area contributed by atoms with Gasteiger partial charge >= 0.3 is 0 Å². The molecule has 0 aliphatic carbocycles. The lowest BCUT2D eigenvalue weighted by atomic mass is 10.1. The van der Waals surface area contributed by atoms with Crippen molar-refractivity contribution in [2.24, 2.45) is 5.73 Å². The predicted octanol–water partition coefficient (Wildman–Crippen LogP) is 1.27. The first-order valence-corrected chi connectivity index (χ1v) is 7.83. The van der Waals surface area contributed by atoms with Gasteiger partial charge in [-0.25, -0.2) is 0 Å². The quantitative estimate of drug-likeness (QED) is 0.876. The molecule has 1 atom stereocenters. The molecule has 1 amide bonds. The topological polar surface area (TPSA) is 76.2 Å². The highest BCUT2D eigenvalue weighted by Gasteiger charge is 2.18. The van der Waals surface area contributed by atoms with E-state index in [2.05, 4.69) is 15.3 Å². The number of nitrogens with zero attached hydrogens (tertiary/aromatic N) is 3. The molecule has 1 fully saturated rings. The lowest BCUT2D eigenvalue weighted by Gasteiger charge is -2.19. The van der Waals surface area contributed by atoms with Crippen LogP contribution < -0.4 is 11.1 Å². The van der Waals surface area contributed by atoms with E-state index in [9.17, 15) is 4.79 Å². The second kappa shape index (κ2) is 7.04. The maximum Gasteiger partial charge on any atom is 0.238 e. The van der Waals surface area contributed by atoms with E-state index in [1.165, 1.54) is 0 Å². The molecule has 21 heavy (non-hydrogen) atoms. The van der Waals surface area contributed by atoms with Gasteiger partial charge in [-0.3, -0.25) is 14.4 Å². The Morgan fingerprint density at radius 2 is 2.14 bits per heavy atom. The molecule has 1 unspecified atom stereocenters. The lowest BCUT2D eigenvalue weighted by Crippen LogP contribution is -2.34. The van der Waals surface area contributed by atoms with Gasteiger partial charge in [0.25, 0.3) is 0 Å². The molecule has 6 heteroatoms. The molecule has 0 aromatic carbocycles. The number of aryl methyl sites for hydroxylation is 2. The van der Waals surface area contributed by atoms with E-state index in [1.807, 2.05) is 25.5 Å². The fourth-order valence-electron chi connectivity index (χ4n) is 2.91. The Morgan fingerprint density at radius 1 is 1.38 bits per heavy atom. The molecule has 6 nitrogen and oxygen atoms in total. The van der Waals surface area contributed by atoms with Crippen LogP contribution in [0.2, 0.25) is 0 Å². The number of likely N-dealkylation sites (tertiary alicyclic amines) is 1. The molecule has 118 valence electrons. The summed E-state index contributed by atoms with van der Waals surface area (Å²) >= 11 is 0. The Labute approximate surface area is 126 Å². The van der Waals surface area contributed by atoms with Gasteiger partial charge in [0.2, 0.25) is 5.91 Å². The molecule has 1 aromatic heterocycles. The number of hydrogen-bond acceptors (Lipinski definition) is 4. The minimum Gasteiger partial charge on any atom is -0.328 e. The number of carbonyl (C=O) groups is 1. The number of hydrogen-bond donors (Lipinski definition) is 2. The molecule has 1 saturated heterocycles. The number of rotatable bonds is 4. The summed E-state index contributed by atoms with van der Waals surface area (Å²) in [5, 5.41) is 7.44. The van der Waals surface area contributed by atoms with Gasteiger partial charge in [0.15, 0.2) is 0 Å². The van der Waals surface area contributed by atoms with Crippen molar-refractivity contribution < 1.29 is 4.79 Å². The van der Waals surface area contributed by atoms with E-state index in [1.54, 1.807) is 0 Å². The first-order chi connectivity index (χ1) is 10.0. The van der Waals surface area contributed by atoms with Gasteiger partial charge in [-0.2, -0.15) is 5.10 Å². The second-order valence-electron chi connectivity index (χ2n) is 5.88. The summed E-state index contributed by atoms with van der Waals surface area (Å²) in [6, 6.07) is 0.283. The largest absolute Gasteiger partial charge is 0.328 e. The third kappa shape index (κ3) is 4.04. The molecule has 3 N–H and O–H groups in total. The van der Waals surface area contributed by atoms with Crippen molar-refractivity contribution in [3.8, 4) is 0 Å². The fourth-order valence-corrected chi connectivity index (χ4v) is 2.91. The number of nitrogens with two attached hydrogens (primary N) is 1. The normalized spacial score (nSPS) is 20.3. The maximum atomic E-state index is 12.3. The smallest absolute Gasteiger partial charge is 0.238 e. The van der Waals surface area contributed by atoms with E-state index in [0.717, 1.165) is 56.0 Å². The van der Waals surface area contributed by atoms with Crippen molar-refractivity contribution in [1.29, 1.82) is 0 Å². The molecule has 0 bridgehead atoms. The van der Waals surface area contributed by atoms with Crippen LogP contribution in [-0.4, -0.2) is 46.3 Å². The summed E-state index contributed by atoms with van der Waals surface area (Å²) in [6.45, 7) is 9.07. The third-order valence-corrected chi connectivity index (χ3v) is 4.18. The van der Waals surface area contributed by atoms with Gasteiger partial charge in [-0.1, -0.05) is 0 Å². The summed E-state index contributed by atoms with van der Waals surface area (Å²) in [7, 11) is 0. The number of anilines is 1. The zero-order valence-electron chi connectivity index (χ0n) is 13.4. The van der Waals surface area contributed by atoms with Crippen LogP contribution in [0.25, 0.3) is 0 Å². The maximum absolute atomic E-state index is 12.3. The highest BCUT2D eigenvalue weighted by atomic mass is 16.2. The average Bonchev–Trinajstić information content (AvgIpc) is 2.61. The number of amides is 1.